The number of nitrogens with one attached hydrogen (secondary N) is 2. The van der Waals surface area contributed by atoms with Gasteiger partial charge in [0.05, 0.1) is 32.9 Å². The Morgan fingerprint density at radius 3 is 2.74 bits per heavy atom. The lowest BCUT2D eigenvalue weighted by atomic mass is 9.94. The lowest BCUT2D eigenvalue weighted by Gasteiger charge is -2.25. The number of nitrogens with zero attached hydrogens (tertiary/aromatic N) is 3. The van der Waals surface area contributed by atoms with Gasteiger partial charge in [-0.3, -0.25) is 9.59 Å². The quantitative estimate of drug-likeness (QED) is 0.561. The molecule has 0 unspecified atom stereocenters. The van der Waals surface area contributed by atoms with Gasteiger partial charge in [0, 0.05) is 38.2 Å². The fourth-order valence-corrected chi connectivity index (χ4v) is 4.22. The van der Waals surface area contributed by atoms with Crippen LogP contribution in [0.25, 0.3) is 11.0 Å². The van der Waals surface area contributed by atoms with Crippen molar-refractivity contribution in [3.05, 3.63) is 51.8 Å². The van der Waals surface area contributed by atoms with Crippen LogP contribution in [0.3, 0.4) is 0 Å². The fraction of sp³-hybridized carbons (Fsp3) is 0.364. The summed E-state index contributed by atoms with van der Waals surface area (Å²) < 4.78 is 1.79. The maximum atomic E-state index is 13.1. The second kappa shape index (κ2) is 9.24. The Labute approximate surface area is 190 Å². The van der Waals surface area contributed by atoms with Crippen molar-refractivity contribution in [2.24, 2.45) is 0 Å². The van der Waals surface area contributed by atoms with E-state index in [-0.39, 0.29) is 24.3 Å². The highest BCUT2D eigenvalue weighted by molar-refractivity contribution is 6.42. The molecule has 0 radical (unpaired) electrons. The number of carbonyl (C=O) groups is 2. The molecule has 1 aliphatic carbocycles. The third-order valence-electron chi connectivity index (χ3n) is 5.57. The second-order valence-electron chi connectivity index (χ2n) is 7.60. The maximum absolute atomic E-state index is 13.1. The van der Waals surface area contributed by atoms with Gasteiger partial charge >= 0.3 is 0 Å². The van der Waals surface area contributed by atoms with Gasteiger partial charge in [0.15, 0.2) is 5.65 Å². The van der Waals surface area contributed by atoms with Crippen LogP contribution in [0, 0.1) is 0 Å². The first-order valence-corrected chi connectivity index (χ1v) is 11.1. The van der Waals surface area contributed by atoms with Gasteiger partial charge in [-0.15, -0.1) is 0 Å². The molecular weight excluding hydrogens is 437 g/mol. The molecule has 0 aliphatic heterocycles. The lowest BCUT2D eigenvalue weighted by Crippen LogP contribution is -2.29. The summed E-state index contributed by atoms with van der Waals surface area (Å²) in [6.45, 7) is 2.90. The first-order chi connectivity index (χ1) is 15.0. The van der Waals surface area contributed by atoms with E-state index in [2.05, 4.69) is 20.7 Å². The molecule has 31 heavy (non-hydrogen) atoms. The molecule has 2 N–H and O–H groups in total. The molecule has 1 amide bonds. The molecule has 1 aliphatic rings. The molecule has 162 valence electrons. The monoisotopic (exact) mass is 459 g/mol. The molecule has 0 saturated heterocycles. The smallest absolute Gasteiger partial charge is 0.255 e. The predicted molar refractivity (Wildman–Crippen MR) is 122 cm³/mol. The highest BCUT2D eigenvalue weighted by atomic mass is 35.5. The molecule has 0 bridgehead atoms. The van der Waals surface area contributed by atoms with Gasteiger partial charge in [-0.1, -0.05) is 35.3 Å². The maximum Gasteiger partial charge on any atom is 0.255 e. The molecule has 1 saturated carbocycles. The number of ketones is 1. The molecule has 3 aromatic rings. The van der Waals surface area contributed by atoms with Crippen LogP contribution >= 0.6 is 23.2 Å². The van der Waals surface area contributed by atoms with Crippen LogP contribution in [0.15, 0.2) is 30.6 Å². The van der Waals surface area contributed by atoms with E-state index in [9.17, 15) is 9.59 Å². The van der Waals surface area contributed by atoms with E-state index in [0.717, 1.165) is 23.8 Å². The van der Waals surface area contributed by atoms with E-state index in [0.29, 0.717) is 46.3 Å². The van der Waals surface area contributed by atoms with E-state index in [1.165, 1.54) is 0 Å². The van der Waals surface area contributed by atoms with Crippen molar-refractivity contribution in [3.8, 4) is 0 Å². The molecule has 9 heteroatoms. The molecule has 2 aromatic heterocycles. The van der Waals surface area contributed by atoms with Crippen molar-refractivity contribution < 1.29 is 9.59 Å². The zero-order valence-corrected chi connectivity index (χ0v) is 18.6. The Morgan fingerprint density at radius 1 is 1.23 bits per heavy atom. The molecule has 4 rings (SSSR count). The molecule has 0 spiro atoms. The number of pyridine rings is 1. The summed E-state index contributed by atoms with van der Waals surface area (Å²) in [6.07, 6.45) is 5.88. The Bertz CT molecular complexity index is 1130. The Morgan fingerprint density at radius 2 is 2.00 bits per heavy atom. The first kappa shape index (κ1) is 21.6. The molecular formula is C22H23Cl2N5O2. The minimum absolute atomic E-state index is 0.113. The summed E-state index contributed by atoms with van der Waals surface area (Å²) in [5, 5.41) is 12.4. The zero-order chi connectivity index (χ0) is 22.0. The van der Waals surface area contributed by atoms with Crippen molar-refractivity contribution >= 4 is 51.6 Å². The largest absolute Gasteiger partial charge is 0.381 e. The van der Waals surface area contributed by atoms with Gasteiger partial charge in [0.2, 0.25) is 0 Å². The van der Waals surface area contributed by atoms with E-state index < -0.39 is 0 Å². The number of fused-ring (bicyclic) bond motifs is 1. The van der Waals surface area contributed by atoms with Crippen LogP contribution in [0.1, 0.15) is 48.5 Å². The van der Waals surface area contributed by atoms with Crippen molar-refractivity contribution in [2.45, 2.75) is 51.7 Å². The standard InChI is InChI=1S/C22H23Cl2N5O2/c1-2-29-21-16(12-27-29)20(28-14-6-8-15(30)9-7-14)17(11-25-21)22(31)26-10-13-4-3-5-18(23)19(13)24/h3-5,11-12,14H,2,6-10H2,1H3,(H,25,28)(H,26,31). The van der Waals surface area contributed by atoms with Crippen molar-refractivity contribution in [3.63, 3.8) is 0 Å². The number of amides is 1. The number of halogens is 2. The number of hydrogen-bond donors (Lipinski definition) is 2. The Kier molecular flexibility index (Phi) is 6.43. The van der Waals surface area contributed by atoms with Crippen molar-refractivity contribution in [1.29, 1.82) is 0 Å². The van der Waals surface area contributed by atoms with Crippen LogP contribution in [0.5, 0.6) is 0 Å². The first-order valence-electron chi connectivity index (χ1n) is 10.3. The number of rotatable bonds is 6. The van der Waals surface area contributed by atoms with Crippen molar-refractivity contribution in [1.82, 2.24) is 20.1 Å². The van der Waals surface area contributed by atoms with Crippen LogP contribution < -0.4 is 10.6 Å². The van der Waals surface area contributed by atoms with Crippen LogP contribution in [0.4, 0.5) is 5.69 Å². The van der Waals surface area contributed by atoms with Gasteiger partial charge in [-0.2, -0.15) is 5.10 Å². The highest BCUT2D eigenvalue weighted by Crippen LogP contribution is 2.30. The molecule has 0 atom stereocenters. The molecule has 7 nitrogen and oxygen atoms in total. The minimum atomic E-state index is -0.274. The number of aryl methyl sites for hydroxylation is 1. The summed E-state index contributed by atoms with van der Waals surface area (Å²) in [4.78, 5) is 29.2. The van der Waals surface area contributed by atoms with Crippen LogP contribution in [-0.2, 0) is 17.9 Å². The van der Waals surface area contributed by atoms with Gasteiger partial charge in [-0.05, 0) is 31.4 Å². The second-order valence-corrected chi connectivity index (χ2v) is 8.38. The number of benzene rings is 1. The summed E-state index contributed by atoms with van der Waals surface area (Å²) in [7, 11) is 0. The summed E-state index contributed by atoms with van der Waals surface area (Å²) in [5.41, 5.74) is 2.57. The van der Waals surface area contributed by atoms with E-state index in [4.69, 9.17) is 23.2 Å². The van der Waals surface area contributed by atoms with Crippen LogP contribution in [0.2, 0.25) is 10.0 Å². The topological polar surface area (TPSA) is 88.9 Å². The summed E-state index contributed by atoms with van der Waals surface area (Å²) >= 11 is 12.3. The number of aromatic nitrogens is 3. The molecule has 1 fully saturated rings. The number of anilines is 1. The van der Waals surface area contributed by atoms with E-state index in [1.807, 2.05) is 13.0 Å². The predicted octanol–water partition coefficient (Wildman–Crippen LogP) is 4.61. The normalized spacial score (nSPS) is 14.7. The third-order valence-corrected chi connectivity index (χ3v) is 6.43. The number of hydrogen-bond acceptors (Lipinski definition) is 5. The molecule has 1 aromatic carbocycles. The van der Waals surface area contributed by atoms with Gasteiger partial charge in [0.1, 0.15) is 5.78 Å². The fourth-order valence-electron chi connectivity index (χ4n) is 3.83. The number of carbonyl (C=O) groups excluding carboxylic acids is 2. The SMILES string of the molecule is CCn1ncc2c(NC3CCC(=O)CC3)c(C(=O)NCc3cccc(Cl)c3Cl)cnc21. The third kappa shape index (κ3) is 4.52. The van der Waals surface area contributed by atoms with Gasteiger partial charge in [0.25, 0.3) is 5.91 Å². The van der Waals surface area contributed by atoms with Gasteiger partial charge in [-0.25, -0.2) is 9.67 Å². The zero-order valence-electron chi connectivity index (χ0n) is 17.1. The lowest BCUT2D eigenvalue weighted by molar-refractivity contribution is -0.120. The van der Waals surface area contributed by atoms with E-state index >= 15 is 0 Å². The number of Topliss-reactive ketones (excluding diaryl/α,β-unsaturated/α-hetero) is 1. The minimum Gasteiger partial charge on any atom is -0.381 e. The highest BCUT2D eigenvalue weighted by Gasteiger charge is 2.24. The van der Waals surface area contributed by atoms with Crippen LogP contribution in [-0.4, -0.2) is 32.5 Å². The average molecular weight is 460 g/mol. The van der Waals surface area contributed by atoms with Crippen molar-refractivity contribution in [2.75, 3.05) is 5.32 Å². The van der Waals surface area contributed by atoms with E-state index in [1.54, 1.807) is 29.2 Å². The molecule has 2 heterocycles. The Balaban J connectivity index is 1.63. The Hall–Kier alpha value is -2.64. The average Bonchev–Trinajstić information content (AvgIpc) is 3.20. The van der Waals surface area contributed by atoms with Gasteiger partial charge < -0.3 is 10.6 Å². The summed E-state index contributed by atoms with van der Waals surface area (Å²) in [6, 6.07) is 5.43. The summed E-state index contributed by atoms with van der Waals surface area (Å²) in [5.74, 6) is 0.0113.